The van der Waals surface area contributed by atoms with Crippen molar-refractivity contribution in [2.75, 3.05) is 26.8 Å². The minimum absolute atomic E-state index is 0.0990. The van der Waals surface area contributed by atoms with E-state index in [0.29, 0.717) is 42.9 Å². The van der Waals surface area contributed by atoms with Gasteiger partial charge in [-0.2, -0.15) is 4.98 Å². The van der Waals surface area contributed by atoms with Crippen molar-refractivity contribution in [2.45, 2.75) is 31.7 Å². The van der Waals surface area contributed by atoms with Crippen LogP contribution in [0, 0.1) is 0 Å². The SMILES string of the molecule is COCCc1noc([C@@H]2CCCN2C(=O)NCCc2ccc(Cl)cc2)n1. The molecule has 0 bridgehead atoms. The second-order valence-corrected chi connectivity index (χ2v) is 6.69. The predicted molar refractivity (Wildman–Crippen MR) is 97.1 cm³/mol. The number of nitrogens with one attached hydrogen (secondary N) is 1. The second kappa shape index (κ2) is 9.00. The van der Waals surface area contributed by atoms with Crippen LogP contribution in [-0.2, 0) is 17.6 Å². The van der Waals surface area contributed by atoms with Gasteiger partial charge in [0.25, 0.3) is 0 Å². The number of hydrogen-bond acceptors (Lipinski definition) is 5. The topological polar surface area (TPSA) is 80.5 Å². The van der Waals surface area contributed by atoms with Crippen molar-refractivity contribution in [1.29, 1.82) is 0 Å². The molecular weight excluding hydrogens is 356 g/mol. The Morgan fingerprint density at radius 2 is 2.19 bits per heavy atom. The van der Waals surface area contributed by atoms with Crippen LogP contribution >= 0.6 is 11.6 Å². The van der Waals surface area contributed by atoms with Gasteiger partial charge in [-0.05, 0) is 37.0 Å². The highest BCUT2D eigenvalue weighted by molar-refractivity contribution is 6.30. The molecule has 0 aliphatic carbocycles. The number of aromatic nitrogens is 2. The van der Waals surface area contributed by atoms with Crippen LogP contribution in [0.3, 0.4) is 0 Å². The van der Waals surface area contributed by atoms with Crippen LogP contribution in [0.2, 0.25) is 5.02 Å². The van der Waals surface area contributed by atoms with E-state index in [1.54, 1.807) is 12.0 Å². The summed E-state index contributed by atoms with van der Waals surface area (Å²) in [6.07, 6.45) is 3.10. The van der Waals surface area contributed by atoms with Crippen molar-refractivity contribution < 1.29 is 14.1 Å². The number of amides is 2. The van der Waals surface area contributed by atoms with E-state index in [1.165, 1.54) is 0 Å². The summed E-state index contributed by atoms with van der Waals surface area (Å²) in [7, 11) is 1.63. The van der Waals surface area contributed by atoms with Gasteiger partial charge in [0.1, 0.15) is 6.04 Å². The molecule has 1 aromatic heterocycles. The van der Waals surface area contributed by atoms with Gasteiger partial charge >= 0.3 is 6.03 Å². The van der Waals surface area contributed by atoms with Crippen molar-refractivity contribution >= 4 is 17.6 Å². The summed E-state index contributed by atoms with van der Waals surface area (Å²) in [6, 6.07) is 7.38. The quantitative estimate of drug-likeness (QED) is 0.801. The van der Waals surface area contributed by atoms with Gasteiger partial charge < -0.3 is 19.5 Å². The number of ether oxygens (including phenoxy) is 1. The van der Waals surface area contributed by atoms with E-state index in [9.17, 15) is 4.79 Å². The van der Waals surface area contributed by atoms with Gasteiger partial charge in [-0.15, -0.1) is 0 Å². The zero-order valence-corrected chi connectivity index (χ0v) is 15.5. The van der Waals surface area contributed by atoms with Crippen molar-refractivity contribution in [2.24, 2.45) is 0 Å². The zero-order valence-electron chi connectivity index (χ0n) is 14.8. The molecule has 1 aliphatic rings. The van der Waals surface area contributed by atoms with Crippen LogP contribution in [0.15, 0.2) is 28.8 Å². The minimum Gasteiger partial charge on any atom is -0.384 e. The Kier molecular flexibility index (Phi) is 6.46. The third-order valence-corrected chi connectivity index (χ3v) is 4.67. The molecule has 26 heavy (non-hydrogen) atoms. The molecule has 8 heteroatoms. The van der Waals surface area contributed by atoms with Gasteiger partial charge in [-0.25, -0.2) is 4.79 Å². The predicted octanol–water partition coefficient (Wildman–Crippen LogP) is 3.00. The number of methoxy groups -OCH3 is 1. The normalized spacial score (nSPS) is 16.8. The molecule has 0 radical (unpaired) electrons. The Balaban J connectivity index is 1.52. The van der Waals surface area contributed by atoms with E-state index in [0.717, 1.165) is 24.8 Å². The minimum atomic E-state index is -0.158. The van der Waals surface area contributed by atoms with E-state index in [4.69, 9.17) is 20.9 Å². The molecule has 7 nitrogen and oxygen atoms in total. The van der Waals surface area contributed by atoms with Crippen molar-refractivity contribution in [3.8, 4) is 0 Å². The molecule has 1 aliphatic heterocycles. The van der Waals surface area contributed by atoms with Crippen LogP contribution in [-0.4, -0.2) is 47.9 Å². The molecule has 1 N–H and O–H groups in total. The number of hydrogen-bond donors (Lipinski definition) is 1. The first-order chi connectivity index (χ1) is 12.7. The van der Waals surface area contributed by atoms with Crippen LogP contribution in [0.5, 0.6) is 0 Å². The molecule has 1 atom stereocenters. The zero-order chi connectivity index (χ0) is 18.4. The van der Waals surface area contributed by atoms with E-state index in [1.807, 2.05) is 24.3 Å². The van der Waals surface area contributed by atoms with Crippen LogP contribution in [0.4, 0.5) is 4.79 Å². The lowest BCUT2D eigenvalue weighted by atomic mass is 10.1. The molecule has 1 fully saturated rings. The Morgan fingerprint density at radius 3 is 2.96 bits per heavy atom. The highest BCUT2D eigenvalue weighted by atomic mass is 35.5. The fourth-order valence-corrected chi connectivity index (χ4v) is 3.16. The van der Waals surface area contributed by atoms with E-state index in [-0.39, 0.29) is 12.1 Å². The smallest absolute Gasteiger partial charge is 0.318 e. The fraction of sp³-hybridized carbons (Fsp3) is 0.500. The van der Waals surface area contributed by atoms with E-state index in [2.05, 4.69) is 15.5 Å². The van der Waals surface area contributed by atoms with Crippen molar-refractivity contribution in [3.05, 3.63) is 46.6 Å². The Labute approximate surface area is 157 Å². The third kappa shape index (κ3) is 4.74. The molecule has 2 aromatic rings. The Hall–Kier alpha value is -2.12. The maximum absolute atomic E-state index is 12.5. The lowest BCUT2D eigenvalue weighted by Gasteiger charge is -2.22. The highest BCUT2D eigenvalue weighted by Crippen LogP contribution is 2.30. The van der Waals surface area contributed by atoms with Gasteiger partial charge in [-0.1, -0.05) is 28.9 Å². The van der Waals surface area contributed by atoms with Crippen molar-refractivity contribution in [1.82, 2.24) is 20.4 Å². The Morgan fingerprint density at radius 1 is 1.38 bits per heavy atom. The highest BCUT2D eigenvalue weighted by Gasteiger charge is 2.33. The number of benzene rings is 1. The molecular formula is C18H23ClN4O3. The standard InChI is InChI=1S/C18H23ClN4O3/c1-25-12-9-16-21-17(26-22-16)15-3-2-11-23(15)18(24)20-10-8-13-4-6-14(19)7-5-13/h4-7,15H,2-3,8-12H2,1H3,(H,20,24)/t15-/m0/s1. The molecule has 2 heterocycles. The summed E-state index contributed by atoms with van der Waals surface area (Å²) in [5.41, 5.74) is 1.13. The maximum atomic E-state index is 12.5. The molecule has 0 spiro atoms. The average molecular weight is 379 g/mol. The number of likely N-dealkylation sites (tertiary alicyclic amines) is 1. The second-order valence-electron chi connectivity index (χ2n) is 6.25. The number of urea groups is 1. The first-order valence-electron chi connectivity index (χ1n) is 8.77. The lowest BCUT2D eigenvalue weighted by Crippen LogP contribution is -2.40. The first-order valence-corrected chi connectivity index (χ1v) is 9.15. The summed E-state index contributed by atoms with van der Waals surface area (Å²) in [5, 5.41) is 7.65. The van der Waals surface area contributed by atoms with Crippen molar-refractivity contribution in [3.63, 3.8) is 0 Å². The van der Waals surface area contributed by atoms with Gasteiger partial charge in [0.15, 0.2) is 5.82 Å². The summed E-state index contributed by atoms with van der Waals surface area (Å²) in [6.45, 7) is 1.79. The number of carbonyl (C=O) groups excluding carboxylic acids is 1. The largest absolute Gasteiger partial charge is 0.384 e. The molecule has 0 unspecified atom stereocenters. The maximum Gasteiger partial charge on any atom is 0.318 e. The lowest BCUT2D eigenvalue weighted by molar-refractivity contribution is 0.180. The number of nitrogens with zero attached hydrogens (tertiary/aromatic N) is 3. The average Bonchev–Trinajstić information content (AvgIpc) is 3.30. The summed E-state index contributed by atoms with van der Waals surface area (Å²) in [4.78, 5) is 18.7. The van der Waals surface area contributed by atoms with E-state index >= 15 is 0 Å². The summed E-state index contributed by atoms with van der Waals surface area (Å²) >= 11 is 5.88. The summed E-state index contributed by atoms with van der Waals surface area (Å²) < 4.78 is 10.4. The number of rotatable bonds is 7. The summed E-state index contributed by atoms with van der Waals surface area (Å²) in [5.74, 6) is 1.11. The van der Waals surface area contributed by atoms with Crippen LogP contribution in [0.1, 0.15) is 36.2 Å². The monoisotopic (exact) mass is 378 g/mol. The van der Waals surface area contributed by atoms with Crippen LogP contribution < -0.4 is 5.32 Å². The molecule has 0 saturated carbocycles. The van der Waals surface area contributed by atoms with Gasteiger partial charge in [-0.3, -0.25) is 0 Å². The van der Waals surface area contributed by atoms with Gasteiger partial charge in [0, 0.05) is 31.6 Å². The third-order valence-electron chi connectivity index (χ3n) is 4.42. The Bertz CT molecular complexity index is 719. The van der Waals surface area contributed by atoms with Crippen LogP contribution in [0.25, 0.3) is 0 Å². The number of halogens is 1. The molecule has 2 amide bonds. The molecule has 1 aromatic carbocycles. The van der Waals surface area contributed by atoms with Gasteiger partial charge in [0.2, 0.25) is 5.89 Å². The molecule has 3 rings (SSSR count). The number of carbonyl (C=O) groups is 1. The fourth-order valence-electron chi connectivity index (χ4n) is 3.03. The van der Waals surface area contributed by atoms with E-state index < -0.39 is 0 Å². The van der Waals surface area contributed by atoms with Gasteiger partial charge in [0.05, 0.1) is 6.61 Å². The molecule has 140 valence electrons. The molecule has 1 saturated heterocycles. The first kappa shape index (κ1) is 18.7.